The molecule has 0 aromatic heterocycles. The fourth-order valence-electron chi connectivity index (χ4n) is 2.81. The molecule has 0 aliphatic carbocycles. The van der Waals surface area contributed by atoms with Gasteiger partial charge in [-0.25, -0.2) is 0 Å². The van der Waals surface area contributed by atoms with Crippen LogP contribution in [0.5, 0.6) is 5.75 Å². The minimum Gasteiger partial charge on any atom is -0.496 e. The Hall–Kier alpha value is -2.82. The summed E-state index contributed by atoms with van der Waals surface area (Å²) in [6, 6.07) is 12.7. The third-order valence-electron chi connectivity index (χ3n) is 4.18. The second kappa shape index (κ2) is 6.74. The Morgan fingerprint density at radius 1 is 1.17 bits per heavy atom. The number of hydrogen-bond donors (Lipinski definition) is 1. The van der Waals surface area contributed by atoms with Crippen molar-refractivity contribution in [3.8, 4) is 5.75 Å². The topological polar surface area (TPSA) is 58.6 Å². The van der Waals surface area contributed by atoms with Crippen molar-refractivity contribution in [3.63, 3.8) is 0 Å². The summed E-state index contributed by atoms with van der Waals surface area (Å²) >= 11 is 0. The van der Waals surface area contributed by atoms with E-state index in [4.69, 9.17) is 4.74 Å². The van der Waals surface area contributed by atoms with Crippen LogP contribution in [-0.4, -0.2) is 25.5 Å². The normalized spacial score (nSPS) is 13.9. The molecular formula is C19H20N2O3. The predicted octanol–water partition coefficient (Wildman–Crippen LogP) is 3.38. The van der Waals surface area contributed by atoms with Crippen LogP contribution in [0.2, 0.25) is 0 Å². The Kier molecular flexibility index (Phi) is 4.51. The van der Waals surface area contributed by atoms with E-state index in [0.29, 0.717) is 23.4 Å². The number of benzene rings is 2. The zero-order valence-electron chi connectivity index (χ0n) is 13.8. The molecule has 0 bridgehead atoms. The quantitative estimate of drug-likeness (QED) is 0.938. The highest BCUT2D eigenvalue weighted by atomic mass is 16.5. The zero-order valence-corrected chi connectivity index (χ0v) is 13.8. The van der Waals surface area contributed by atoms with Gasteiger partial charge in [0.25, 0.3) is 5.91 Å². The Balaban J connectivity index is 1.71. The first kappa shape index (κ1) is 16.1. The number of carbonyl (C=O) groups excluding carboxylic acids is 2. The average molecular weight is 324 g/mol. The molecule has 2 amide bonds. The largest absolute Gasteiger partial charge is 0.496 e. The van der Waals surface area contributed by atoms with E-state index in [1.54, 1.807) is 24.1 Å². The summed E-state index contributed by atoms with van der Waals surface area (Å²) in [5, 5.41) is 2.86. The van der Waals surface area contributed by atoms with Crippen molar-refractivity contribution in [3.05, 3.63) is 53.6 Å². The summed E-state index contributed by atoms with van der Waals surface area (Å²) in [6.45, 7) is 2.69. The predicted molar refractivity (Wildman–Crippen MR) is 93.7 cm³/mol. The first-order valence-corrected chi connectivity index (χ1v) is 7.95. The second-order valence-electron chi connectivity index (χ2n) is 5.83. The Labute approximate surface area is 141 Å². The van der Waals surface area contributed by atoms with E-state index in [-0.39, 0.29) is 11.8 Å². The lowest BCUT2D eigenvalue weighted by atomic mass is 10.1. The van der Waals surface area contributed by atoms with E-state index in [1.807, 2.05) is 37.3 Å². The smallest absolute Gasteiger partial charge is 0.255 e. The van der Waals surface area contributed by atoms with Gasteiger partial charge in [0.2, 0.25) is 5.91 Å². The zero-order chi connectivity index (χ0) is 17.1. The van der Waals surface area contributed by atoms with Gasteiger partial charge in [0, 0.05) is 29.9 Å². The summed E-state index contributed by atoms with van der Waals surface area (Å²) < 4.78 is 5.25. The van der Waals surface area contributed by atoms with Gasteiger partial charge < -0.3 is 15.0 Å². The van der Waals surface area contributed by atoms with E-state index in [1.165, 1.54) is 0 Å². The van der Waals surface area contributed by atoms with Crippen LogP contribution in [0.15, 0.2) is 42.5 Å². The fraction of sp³-hybridized carbons (Fsp3) is 0.263. The summed E-state index contributed by atoms with van der Waals surface area (Å²) in [7, 11) is 1.59. The Morgan fingerprint density at radius 3 is 2.54 bits per heavy atom. The monoisotopic (exact) mass is 324 g/mol. The van der Waals surface area contributed by atoms with E-state index >= 15 is 0 Å². The van der Waals surface area contributed by atoms with Crippen molar-refractivity contribution in [1.29, 1.82) is 0 Å². The summed E-state index contributed by atoms with van der Waals surface area (Å²) in [4.78, 5) is 25.9. The lowest BCUT2D eigenvalue weighted by molar-refractivity contribution is -0.117. The van der Waals surface area contributed by atoms with Crippen LogP contribution in [0.1, 0.15) is 28.8 Å². The number of ether oxygens (including phenoxy) is 1. The number of nitrogens with zero attached hydrogens (tertiary/aromatic N) is 1. The lowest BCUT2D eigenvalue weighted by Crippen LogP contribution is -2.23. The molecule has 0 saturated carbocycles. The maximum Gasteiger partial charge on any atom is 0.255 e. The molecule has 1 aliphatic heterocycles. The van der Waals surface area contributed by atoms with Gasteiger partial charge in [-0.05, 0) is 55.3 Å². The van der Waals surface area contributed by atoms with Crippen LogP contribution >= 0.6 is 0 Å². The molecule has 5 nitrogen and oxygen atoms in total. The molecular weight excluding hydrogens is 304 g/mol. The number of amides is 2. The Bertz CT molecular complexity index is 769. The number of methoxy groups -OCH3 is 1. The van der Waals surface area contributed by atoms with E-state index < -0.39 is 0 Å². The van der Waals surface area contributed by atoms with Gasteiger partial charge in [-0.3, -0.25) is 9.59 Å². The standard InChI is InChI=1S/C19H20N2O3/c1-13-5-6-14(12-17(13)24-2)19(23)20-15-7-9-16(10-8-15)21-11-3-4-18(21)22/h5-10,12H,3-4,11H2,1-2H3,(H,20,23). The molecule has 2 aromatic rings. The molecule has 1 fully saturated rings. The first-order chi connectivity index (χ1) is 11.6. The van der Waals surface area contributed by atoms with Crippen molar-refractivity contribution < 1.29 is 14.3 Å². The number of hydrogen-bond acceptors (Lipinski definition) is 3. The van der Waals surface area contributed by atoms with Crippen LogP contribution in [0.3, 0.4) is 0 Å². The third-order valence-corrected chi connectivity index (χ3v) is 4.18. The molecule has 2 aromatic carbocycles. The van der Waals surface area contributed by atoms with Crippen LogP contribution in [0.4, 0.5) is 11.4 Å². The summed E-state index contributed by atoms with van der Waals surface area (Å²) in [6.07, 6.45) is 1.50. The van der Waals surface area contributed by atoms with Crippen LogP contribution < -0.4 is 15.0 Å². The van der Waals surface area contributed by atoms with Gasteiger partial charge in [-0.1, -0.05) is 6.07 Å². The SMILES string of the molecule is COc1cc(C(=O)Nc2ccc(N3CCCC3=O)cc2)ccc1C. The van der Waals surface area contributed by atoms with Gasteiger partial charge in [-0.2, -0.15) is 0 Å². The van der Waals surface area contributed by atoms with Gasteiger partial charge in [0.1, 0.15) is 5.75 Å². The molecule has 0 unspecified atom stereocenters. The van der Waals surface area contributed by atoms with Gasteiger partial charge in [0.15, 0.2) is 0 Å². The van der Waals surface area contributed by atoms with E-state index in [2.05, 4.69) is 5.32 Å². The fourth-order valence-corrected chi connectivity index (χ4v) is 2.81. The molecule has 0 spiro atoms. The number of carbonyl (C=O) groups is 2. The molecule has 1 saturated heterocycles. The number of nitrogens with one attached hydrogen (secondary N) is 1. The van der Waals surface area contributed by atoms with Gasteiger partial charge >= 0.3 is 0 Å². The van der Waals surface area contributed by atoms with E-state index in [0.717, 1.165) is 24.2 Å². The van der Waals surface area contributed by atoms with Crippen LogP contribution in [-0.2, 0) is 4.79 Å². The molecule has 0 atom stereocenters. The van der Waals surface area contributed by atoms with Crippen molar-refractivity contribution in [2.24, 2.45) is 0 Å². The summed E-state index contributed by atoms with van der Waals surface area (Å²) in [5.41, 5.74) is 3.08. The highest BCUT2D eigenvalue weighted by Gasteiger charge is 2.21. The molecule has 1 heterocycles. The second-order valence-corrected chi connectivity index (χ2v) is 5.83. The van der Waals surface area contributed by atoms with Crippen molar-refractivity contribution in [1.82, 2.24) is 0 Å². The van der Waals surface area contributed by atoms with Crippen LogP contribution in [0.25, 0.3) is 0 Å². The molecule has 3 rings (SSSR count). The minimum atomic E-state index is -0.196. The Morgan fingerprint density at radius 2 is 1.92 bits per heavy atom. The van der Waals surface area contributed by atoms with Crippen molar-refractivity contribution in [2.75, 3.05) is 23.9 Å². The van der Waals surface area contributed by atoms with Crippen molar-refractivity contribution >= 4 is 23.2 Å². The molecule has 5 heteroatoms. The highest BCUT2D eigenvalue weighted by Crippen LogP contribution is 2.24. The highest BCUT2D eigenvalue weighted by molar-refractivity contribution is 6.04. The third kappa shape index (κ3) is 3.25. The molecule has 1 N–H and O–H groups in total. The van der Waals surface area contributed by atoms with Gasteiger partial charge in [-0.15, -0.1) is 0 Å². The molecule has 0 radical (unpaired) electrons. The average Bonchev–Trinajstić information content (AvgIpc) is 3.02. The molecule has 24 heavy (non-hydrogen) atoms. The number of rotatable bonds is 4. The summed E-state index contributed by atoms with van der Waals surface area (Å²) in [5.74, 6) is 0.641. The maximum atomic E-state index is 12.4. The van der Waals surface area contributed by atoms with Crippen LogP contribution in [0, 0.1) is 6.92 Å². The van der Waals surface area contributed by atoms with Gasteiger partial charge in [0.05, 0.1) is 7.11 Å². The maximum absolute atomic E-state index is 12.4. The lowest BCUT2D eigenvalue weighted by Gasteiger charge is -2.16. The molecule has 124 valence electrons. The molecule has 1 aliphatic rings. The minimum absolute atomic E-state index is 0.151. The number of aryl methyl sites for hydroxylation is 1. The van der Waals surface area contributed by atoms with Crippen molar-refractivity contribution in [2.45, 2.75) is 19.8 Å². The first-order valence-electron chi connectivity index (χ1n) is 7.95. The number of anilines is 2. The van der Waals surface area contributed by atoms with E-state index in [9.17, 15) is 9.59 Å².